The van der Waals surface area contributed by atoms with Gasteiger partial charge in [0.25, 0.3) is 0 Å². The van der Waals surface area contributed by atoms with Crippen LogP contribution >= 0.6 is 0 Å². The second kappa shape index (κ2) is 7.54. The Balaban J connectivity index is 2.34. The maximum atomic E-state index is 11.2. The summed E-state index contributed by atoms with van der Waals surface area (Å²) in [5.74, 6) is 0. The summed E-state index contributed by atoms with van der Waals surface area (Å²) in [5.41, 5.74) is 2.06. The van der Waals surface area contributed by atoms with Gasteiger partial charge in [0.05, 0.1) is 0 Å². The molecule has 0 saturated carbocycles. The molecular weight excluding hydrogens is 216 g/mol. The number of anilines is 1. The minimum Gasteiger partial charge on any atom is -0.445 e. The van der Waals surface area contributed by atoms with Crippen molar-refractivity contribution in [2.24, 2.45) is 0 Å². The molecule has 2 N–H and O–H groups in total. The second-order valence-electron chi connectivity index (χ2n) is 3.73. The maximum absolute atomic E-state index is 11.2. The molecule has 4 nitrogen and oxygen atoms in total. The van der Waals surface area contributed by atoms with E-state index >= 15 is 0 Å². The van der Waals surface area contributed by atoms with Gasteiger partial charge in [-0.3, -0.25) is 0 Å². The van der Waals surface area contributed by atoms with Crippen LogP contribution in [0.2, 0.25) is 0 Å². The summed E-state index contributed by atoms with van der Waals surface area (Å²) in [6.07, 6.45) is 0.551. The Bertz CT molecular complexity index is 336. The second-order valence-corrected chi connectivity index (χ2v) is 3.73. The van der Waals surface area contributed by atoms with Crippen LogP contribution in [0.5, 0.6) is 0 Å². The average molecular weight is 236 g/mol. The lowest BCUT2D eigenvalue weighted by atomic mass is 10.2. The molecule has 1 aromatic rings. The van der Waals surface area contributed by atoms with Gasteiger partial charge in [0.1, 0.15) is 6.61 Å². The zero-order valence-corrected chi connectivity index (χ0v) is 10.5. The Labute approximate surface area is 102 Å². The van der Waals surface area contributed by atoms with Crippen LogP contribution in [0, 0.1) is 0 Å². The van der Waals surface area contributed by atoms with E-state index in [4.69, 9.17) is 4.74 Å². The third-order valence-corrected chi connectivity index (χ3v) is 2.22. The number of carbonyl (C=O) groups is 1. The number of carbonyl (C=O) groups excluding carboxylic acids is 1. The van der Waals surface area contributed by atoms with Crippen molar-refractivity contribution in [3.63, 3.8) is 0 Å². The van der Waals surface area contributed by atoms with E-state index in [-0.39, 0.29) is 6.09 Å². The number of amides is 1. The highest BCUT2D eigenvalue weighted by atomic mass is 16.5. The Hall–Kier alpha value is -1.71. The minimum atomic E-state index is -0.359. The predicted molar refractivity (Wildman–Crippen MR) is 69.1 cm³/mol. The third kappa shape index (κ3) is 5.24. The Morgan fingerprint density at radius 2 is 1.94 bits per heavy atom. The molecule has 0 unspecified atom stereocenters. The number of ether oxygens (including phenoxy) is 1. The summed E-state index contributed by atoms with van der Waals surface area (Å²) in [6, 6.07) is 7.86. The van der Waals surface area contributed by atoms with Crippen molar-refractivity contribution < 1.29 is 9.53 Å². The van der Waals surface area contributed by atoms with Crippen molar-refractivity contribution in [1.29, 1.82) is 0 Å². The summed E-state index contributed by atoms with van der Waals surface area (Å²) in [5, 5.41) is 5.87. The van der Waals surface area contributed by atoms with Crippen molar-refractivity contribution in [2.45, 2.75) is 26.9 Å². The molecule has 0 spiro atoms. The molecule has 0 heterocycles. The van der Waals surface area contributed by atoms with Gasteiger partial charge < -0.3 is 15.4 Å². The van der Waals surface area contributed by atoms with E-state index in [1.807, 2.05) is 31.2 Å². The van der Waals surface area contributed by atoms with E-state index in [1.165, 1.54) is 0 Å². The van der Waals surface area contributed by atoms with Crippen LogP contribution < -0.4 is 10.6 Å². The first kappa shape index (κ1) is 13.4. The third-order valence-electron chi connectivity index (χ3n) is 2.22. The van der Waals surface area contributed by atoms with Gasteiger partial charge >= 0.3 is 6.09 Å². The molecule has 4 heteroatoms. The van der Waals surface area contributed by atoms with Gasteiger partial charge in [-0.15, -0.1) is 0 Å². The monoisotopic (exact) mass is 236 g/mol. The van der Waals surface area contributed by atoms with Crippen LogP contribution in [0.25, 0.3) is 0 Å². The lowest BCUT2D eigenvalue weighted by Gasteiger charge is -2.07. The van der Waals surface area contributed by atoms with Crippen LogP contribution in [-0.4, -0.2) is 19.2 Å². The van der Waals surface area contributed by atoms with E-state index in [9.17, 15) is 4.79 Å². The van der Waals surface area contributed by atoms with Gasteiger partial charge in [-0.05, 0) is 31.0 Å². The number of nitrogens with one attached hydrogen (secondary N) is 2. The first-order chi connectivity index (χ1) is 8.26. The van der Waals surface area contributed by atoms with Crippen molar-refractivity contribution in [2.75, 3.05) is 18.4 Å². The number of alkyl carbamates (subject to hydrolysis) is 1. The van der Waals surface area contributed by atoms with Crippen LogP contribution in [0.15, 0.2) is 24.3 Å². The highest BCUT2D eigenvalue weighted by Crippen LogP contribution is 2.09. The van der Waals surface area contributed by atoms with Crippen molar-refractivity contribution in [3.8, 4) is 0 Å². The standard InChI is InChI=1S/C13H20N2O2/c1-3-9-15-13(16)17-10-11-5-7-12(8-6-11)14-4-2/h5-8,14H,3-4,9-10H2,1-2H3,(H,15,16). The topological polar surface area (TPSA) is 50.4 Å². The molecule has 0 aliphatic carbocycles. The van der Waals surface area contributed by atoms with Gasteiger partial charge in [0.15, 0.2) is 0 Å². The predicted octanol–water partition coefficient (Wildman–Crippen LogP) is 2.75. The Morgan fingerprint density at radius 3 is 2.53 bits per heavy atom. The highest BCUT2D eigenvalue weighted by molar-refractivity contribution is 5.67. The minimum absolute atomic E-state index is 0.307. The van der Waals surface area contributed by atoms with Crippen LogP contribution in [0.4, 0.5) is 10.5 Å². The normalized spacial score (nSPS) is 9.76. The summed E-state index contributed by atoms with van der Waals surface area (Å²) in [4.78, 5) is 11.2. The highest BCUT2D eigenvalue weighted by Gasteiger charge is 2.01. The van der Waals surface area contributed by atoms with E-state index in [2.05, 4.69) is 17.6 Å². The van der Waals surface area contributed by atoms with Crippen LogP contribution in [0.3, 0.4) is 0 Å². The largest absolute Gasteiger partial charge is 0.445 e. The molecule has 0 radical (unpaired) electrons. The van der Waals surface area contributed by atoms with Gasteiger partial charge in [-0.25, -0.2) is 4.79 Å². The molecule has 0 aromatic heterocycles. The molecule has 0 bridgehead atoms. The van der Waals surface area contributed by atoms with Crippen molar-refractivity contribution >= 4 is 11.8 Å². The molecular formula is C13H20N2O2. The molecule has 17 heavy (non-hydrogen) atoms. The number of hydrogen-bond donors (Lipinski definition) is 2. The SMILES string of the molecule is CCCNC(=O)OCc1ccc(NCC)cc1. The zero-order valence-electron chi connectivity index (χ0n) is 10.5. The lowest BCUT2D eigenvalue weighted by Crippen LogP contribution is -2.24. The first-order valence-electron chi connectivity index (χ1n) is 5.99. The van der Waals surface area contributed by atoms with Gasteiger partial charge in [-0.2, -0.15) is 0 Å². The molecule has 0 aliphatic heterocycles. The molecule has 0 saturated heterocycles. The molecule has 1 rings (SSSR count). The van der Waals surface area contributed by atoms with Crippen LogP contribution in [-0.2, 0) is 11.3 Å². The van der Waals surface area contributed by atoms with Crippen LogP contribution in [0.1, 0.15) is 25.8 Å². The van der Waals surface area contributed by atoms with E-state index < -0.39 is 0 Å². The van der Waals surface area contributed by atoms with Crippen molar-refractivity contribution in [1.82, 2.24) is 5.32 Å². The Kier molecular flexibility index (Phi) is 5.93. The molecule has 1 aromatic carbocycles. The summed E-state index contributed by atoms with van der Waals surface area (Å²) in [6.45, 7) is 5.91. The quantitative estimate of drug-likeness (QED) is 0.798. The van der Waals surface area contributed by atoms with E-state index in [1.54, 1.807) is 0 Å². The molecule has 94 valence electrons. The summed E-state index contributed by atoms with van der Waals surface area (Å²) < 4.78 is 5.06. The summed E-state index contributed by atoms with van der Waals surface area (Å²) in [7, 11) is 0. The maximum Gasteiger partial charge on any atom is 0.407 e. The fourth-order valence-electron chi connectivity index (χ4n) is 1.35. The first-order valence-corrected chi connectivity index (χ1v) is 5.99. The van der Waals surface area contributed by atoms with Crippen molar-refractivity contribution in [3.05, 3.63) is 29.8 Å². The average Bonchev–Trinajstić information content (AvgIpc) is 2.36. The number of rotatable bonds is 6. The fourth-order valence-corrected chi connectivity index (χ4v) is 1.35. The zero-order chi connectivity index (χ0) is 12.5. The Morgan fingerprint density at radius 1 is 1.24 bits per heavy atom. The number of benzene rings is 1. The smallest absolute Gasteiger partial charge is 0.407 e. The molecule has 0 aliphatic rings. The number of hydrogen-bond acceptors (Lipinski definition) is 3. The van der Waals surface area contributed by atoms with E-state index in [0.29, 0.717) is 13.2 Å². The van der Waals surface area contributed by atoms with Gasteiger partial charge in [0, 0.05) is 18.8 Å². The molecule has 0 atom stereocenters. The molecule has 0 fully saturated rings. The van der Waals surface area contributed by atoms with E-state index in [0.717, 1.165) is 24.2 Å². The lowest BCUT2D eigenvalue weighted by molar-refractivity contribution is 0.139. The van der Waals surface area contributed by atoms with Gasteiger partial charge in [-0.1, -0.05) is 19.1 Å². The fraction of sp³-hybridized carbons (Fsp3) is 0.462. The summed E-state index contributed by atoms with van der Waals surface area (Å²) >= 11 is 0. The van der Waals surface area contributed by atoms with Gasteiger partial charge in [0.2, 0.25) is 0 Å². The molecule has 1 amide bonds.